The van der Waals surface area contributed by atoms with Crippen molar-refractivity contribution in [2.45, 2.75) is 13.0 Å². The number of nitrogens with one attached hydrogen (secondary N) is 1. The first-order valence-corrected chi connectivity index (χ1v) is 9.32. The number of aromatic nitrogens is 3. The lowest BCUT2D eigenvalue weighted by Gasteiger charge is -2.12. The van der Waals surface area contributed by atoms with Crippen LogP contribution in [0.5, 0.6) is 0 Å². The molecule has 1 amide bonds. The van der Waals surface area contributed by atoms with Gasteiger partial charge in [0, 0.05) is 24.2 Å². The van der Waals surface area contributed by atoms with Crippen LogP contribution in [0.15, 0.2) is 77.9 Å². The Morgan fingerprint density at radius 3 is 2.47 bits per heavy atom. The number of rotatable bonds is 5. The van der Waals surface area contributed by atoms with Crippen LogP contribution < -0.4 is 10.9 Å². The molecule has 0 aliphatic heterocycles. The van der Waals surface area contributed by atoms with Crippen molar-refractivity contribution >= 4 is 22.4 Å². The minimum atomic E-state index is -0.433. The van der Waals surface area contributed by atoms with Crippen LogP contribution in [0.4, 0.5) is 5.69 Å². The number of nitriles is 1. The van der Waals surface area contributed by atoms with Crippen molar-refractivity contribution in [1.82, 2.24) is 14.8 Å². The van der Waals surface area contributed by atoms with Gasteiger partial charge in [-0.25, -0.2) is 4.68 Å². The number of fused-ring (bicyclic) bond motifs is 1. The lowest BCUT2D eigenvalue weighted by molar-refractivity contribution is -0.117. The third-order valence-electron chi connectivity index (χ3n) is 4.68. The molecule has 0 bridgehead atoms. The van der Waals surface area contributed by atoms with E-state index in [1.54, 1.807) is 48.8 Å². The second kappa shape index (κ2) is 8.37. The molecule has 4 aromatic rings. The Hall–Kier alpha value is -4.31. The van der Waals surface area contributed by atoms with Crippen molar-refractivity contribution in [3.63, 3.8) is 0 Å². The maximum atomic E-state index is 12.9. The van der Waals surface area contributed by atoms with Gasteiger partial charge in [-0.1, -0.05) is 30.3 Å². The highest BCUT2D eigenvalue weighted by atomic mass is 16.2. The SMILES string of the molecule is N#Cc1ccccc1NC(=O)Cn1nc(Cc2ccncc2)c2ccccc2c1=O. The van der Waals surface area contributed by atoms with Crippen molar-refractivity contribution in [2.24, 2.45) is 0 Å². The minimum Gasteiger partial charge on any atom is -0.323 e. The van der Waals surface area contributed by atoms with E-state index in [2.05, 4.69) is 15.4 Å². The zero-order valence-corrected chi connectivity index (χ0v) is 15.9. The van der Waals surface area contributed by atoms with Crippen LogP contribution in [0.25, 0.3) is 10.8 Å². The molecule has 30 heavy (non-hydrogen) atoms. The molecule has 0 spiro atoms. The summed E-state index contributed by atoms with van der Waals surface area (Å²) in [5, 5.41) is 17.6. The van der Waals surface area contributed by atoms with E-state index in [1.165, 1.54) is 4.68 Å². The second-order valence-electron chi connectivity index (χ2n) is 6.69. The number of amides is 1. The van der Waals surface area contributed by atoms with Gasteiger partial charge in [-0.05, 0) is 35.9 Å². The molecule has 2 aromatic heterocycles. The zero-order chi connectivity index (χ0) is 20.9. The van der Waals surface area contributed by atoms with Crippen LogP contribution in [0.2, 0.25) is 0 Å². The number of para-hydroxylation sites is 1. The molecule has 0 saturated carbocycles. The Labute approximate surface area is 172 Å². The first-order chi connectivity index (χ1) is 14.7. The highest BCUT2D eigenvalue weighted by molar-refractivity contribution is 5.92. The molecule has 4 rings (SSSR count). The maximum absolute atomic E-state index is 12.9. The number of pyridine rings is 1. The number of anilines is 1. The summed E-state index contributed by atoms with van der Waals surface area (Å²) in [7, 11) is 0. The summed E-state index contributed by atoms with van der Waals surface area (Å²) in [6.45, 7) is -0.257. The van der Waals surface area contributed by atoms with Crippen LogP contribution in [-0.2, 0) is 17.8 Å². The molecule has 1 N–H and O–H groups in total. The lowest BCUT2D eigenvalue weighted by atomic mass is 10.1. The fraction of sp³-hybridized carbons (Fsp3) is 0.0870. The van der Waals surface area contributed by atoms with Gasteiger partial charge in [-0.15, -0.1) is 0 Å². The molecular formula is C23H17N5O2. The topological polar surface area (TPSA) is 101 Å². The van der Waals surface area contributed by atoms with E-state index in [1.807, 2.05) is 30.3 Å². The largest absolute Gasteiger partial charge is 0.323 e. The van der Waals surface area contributed by atoms with Crippen LogP contribution in [0.1, 0.15) is 16.8 Å². The van der Waals surface area contributed by atoms with Gasteiger partial charge in [-0.2, -0.15) is 10.4 Å². The summed E-state index contributed by atoms with van der Waals surface area (Å²) in [6, 6.07) is 19.7. The Balaban J connectivity index is 1.68. The molecule has 0 saturated heterocycles. The van der Waals surface area contributed by atoms with Crippen LogP contribution in [0, 0.1) is 11.3 Å². The highest BCUT2D eigenvalue weighted by Gasteiger charge is 2.14. The average molecular weight is 395 g/mol. The third-order valence-corrected chi connectivity index (χ3v) is 4.68. The van der Waals surface area contributed by atoms with E-state index < -0.39 is 5.91 Å². The van der Waals surface area contributed by atoms with Gasteiger partial charge in [0.05, 0.1) is 22.3 Å². The molecule has 7 heteroatoms. The number of benzene rings is 2. The summed E-state index contributed by atoms with van der Waals surface area (Å²) in [4.78, 5) is 29.5. The van der Waals surface area contributed by atoms with E-state index in [0.29, 0.717) is 28.8 Å². The highest BCUT2D eigenvalue weighted by Crippen LogP contribution is 2.17. The summed E-state index contributed by atoms with van der Waals surface area (Å²) in [6.07, 6.45) is 3.91. The van der Waals surface area contributed by atoms with Crippen molar-refractivity contribution in [3.05, 3.63) is 100 Å². The molecule has 2 heterocycles. The smallest absolute Gasteiger partial charge is 0.275 e. The van der Waals surface area contributed by atoms with Gasteiger partial charge >= 0.3 is 0 Å². The van der Waals surface area contributed by atoms with Gasteiger partial charge in [0.2, 0.25) is 5.91 Å². The number of carbonyl (C=O) groups is 1. The quantitative estimate of drug-likeness (QED) is 0.560. The Bertz CT molecular complexity index is 1320. The van der Waals surface area contributed by atoms with Gasteiger partial charge in [0.25, 0.3) is 5.56 Å². The Morgan fingerprint density at radius 2 is 1.70 bits per heavy atom. The Morgan fingerprint density at radius 1 is 1.00 bits per heavy atom. The fourth-order valence-corrected chi connectivity index (χ4v) is 3.25. The number of hydrogen-bond acceptors (Lipinski definition) is 5. The molecule has 7 nitrogen and oxygen atoms in total. The lowest BCUT2D eigenvalue weighted by Crippen LogP contribution is -2.31. The van der Waals surface area contributed by atoms with Crippen molar-refractivity contribution in [3.8, 4) is 6.07 Å². The van der Waals surface area contributed by atoms with Gasteiger partial charge < -0.3 is 5.32 Å². The van der Waals surface area contributed by atoms with E-state index in [0.717, 1.165) is 10.9 Å². The Kier molecular flexibility index (Phi) is 5.31. The molecule has 0 fully saturated rings. The van der Waals surface area contributed by atoms with Gasteiger partial charge in [0.15, 0.2) is 0 Å². The van der Waals surface area contributed by atoms with Crippen LogP contribution >= 0.6 is 0 Å². The van der Waals surface area contributed by atoms with E-state index >= 15 is 0 Å². The zero-order valence-electron chi connectivity index (χ0n) is 15.9. The maximum Gasteiger partial charge on any atom is 0.275 e. The predicted octanol–water partition coefficient (Wildman–Crippen LogP) is 2.89. The predicted molar refractivity (Wildman–Crippen MR) is 113 cm³/mol. The van der Waals surface area contributed by atoms with Gasteiger partial charge in [-0.3, -0.25) is 14.6 Å². The molecule has 146 valence electrons. The molecule has 0 aliphatic carbocycles. The first kappa shape index (κ1) is 19.0. The molecule has 0 radical (unpaired) electrons. The van der Waals surface area contributed by atoms with Gasteiger partial charge in [0.1, 0.15) is 12.6 Å². The molecule has 2 aromatic carbocycles. The molecule has 0 unspecified atom stereocenters. The minimum absolute atomic E-state index is 0.257. The summed E-state index contributed by atoms with van der Waals surface area (Å²) >= 11 is 0. The van der Waals surface area contributed by atoms with Crippen LogP contribution in [-0.4, -0.2) is 20.7 Å². The second-order valence-corrected chi connectivity index (χ2v) is 6.69. The van der Waals surface area contributed by atoms with Crippen molar-refractivity contribution < 1.29 is 4.79 Å². The summed E-state index contributed by atoms with van der Waals surface area (Å²) < 4.78 is 1.17. The molecule has 0 aliphatic rings. The number of hydrogen-bond donors (Lipinski definition) is 1. The molecular weight excluding hydrogens is 378 g/mol. The van der Waals surface area contributed by atoms with E-state index in [-0.39, 0.29) is 12.1 Å². The summed E-state index contributed by atoms with van der Waals surface area (Å²) in [5.41, 5.74) is 2.11. The van der Waals surface area contributed by atoms with E-state index in [4.69, 9.17) is 0 Å². The molecule has 0 atom stereocenters. The summed E-state index contributed by atoms with van der Waals surface area (Å²) in [5.74, 6) is -0.433. The van der Waals surface area contributed by atoms with Crippen LogP contribution in [0.3, 0.4) is 0 Å². The number of carbonyl (C=O) groups excluding carboxylic acids is 1. The average Bonchev–Trinajstić information content (AvgIpc) is 2.78. The first-order valence-electron chi connectivity index (χ1n) is 9.32. The van der Waals surface area contributed by atoms with E-state index in [9.17, 15) is 14.9 Å². The standard InChI is InChI=1S/C23H17N5O2/c24-14-17-5-1-4-8-20(17)26-22(29)15-28-23(30)19-7-3-2-6-18(19)21(27-28)13-16-9-11-25-12-10-16/h1-12H,13,15H2,(H,26,29). The third kappa shape index (κ3) is 3.93. The normalized spacial score (nSPS) is 10.5. The van der Waals surface area contributed by atoms with Crippen molar-refractivity contribution in [1.29, 1.82) is 5.26 Å². The van der Waals surface area contributed by atoms with Crippen molar-refractivity contribution in [2.75, 3.05) is 5.32 Å². The monoisotopic (exact) mass is 395 g/mol. The fourth-order valence-electron chi connectivity index (χ4n) is 3.25. The number of nitrogens with zero attached hydrogens (tertiary/aromatic N) is 4.